The van der Waals surface area contributed by atoms with Gasteiger partial charge < -0.3 is 4.98 Å². The Balaban J connectivity index is 2.65. The number of H-pyrrole nitrogens is 1. The van der Waals surface area contributed by atoms with Crippen LogP contribution in [0.3, 0.4) is 0 Å². The molecule has 0 aliphatic rings. The van der Waals surface area contributed by atoms with Crippen molar-refractivity contribution in [2.24, 2.45) is 0 Å². The molecule has 2 rings (SSSR count). The molecule has 0 fully saturated rings. The average Bonchev–Trinajstić information content (AvgIpc) is 2.23. The fourth-order valence-corrected chi connectivity index (χ4v) is 1.64. The van der Waals surface area contributed by atoms with E-state index in [1.165, 1.54) is 0 Å². The number of nitrogens with zero attached hydrogens (tertiary/aromatic N) is 1. The molecule has 0 bridgehead atoms. The number of aryl methyl sites for hydroxylation is 2. The van der Waals surface area contributed by atoms with E-state index in [0.29, 0.717) is 10.7 Å². The highest BCUT2D eigenvalue weighted by Gasteiger charge is 2.07. The Bertz CT molecular complexity index is 590. The van der Waals surface area contributed by atoms with Crippen LogP contribution in [0.1, 0.15) is 11.4 Å². The van der Waals surface area contributed by atoms with Crippen LogP contribution < -0.4 is 5.56 Å². The van der Waals surface area contributed by atoms with Gasteiger partial charge in [-0.3, -0.25) is 4.79 Å². The van der Waals surface area contributed by atoms with E-state index in [-0.39, 0.29) is 5.56 Å². The summed E-state index contributed by atoms with van der Waals surface area (Å²) in [6, 6.07) is 7.11. The highest BCUT2D eigenvalue weighted by Crippen LogP contribution is 2.18. The Morgan fingerprint density at radius 1 is 1.31 bits per heavy atom. The molecular formula is C12H11ClN2O. The average molecular weight is 235 g/mol. The lowest BCUT2D eigenvalue weighted by Gasteiger charge is -2.04. The quantitative estimate of drug-likeness (QED) is 0.825. The molecule has 0 saturated heterocycles. The van der Waals surface area contributed by atoms with Crippen LogP contribution in [0.15, 0.2) is 29.1 Å². The van der Waals surface area contributed by atoms with Crippen molar-refractivity contribution < 1.29 is 0 Å². The summed E-state index contributed by atoms with van der Waals surface area (Å²) in [6.45, 7) is 3.69. The van der Waals surface area contributed by atoms with Gasteiger partial charge in [-0.2, -0.15) is 0 Å². The van der Waals surface area contributed by atoms with E-state index in [0.717, 1.165) is 17.0 Å². The molecular weight excluding hydrogens is 224 g/mol. The molecule has 4 heteroatoms. The fourth-order valence-electron chi connectivity index (χ4n) is 1.45. The van der Waals surface area contributed by atoms with E-state index in [2.05, 4.69) is 9.97 Å². The van der Waals surface area contributed by atoms with Crippen molar-refractivity contribution in [3.05, 3.63) is 51.0 Å². The van der Waals surface area contributed by atoms with Gasteiger partial charge in [0.2, 0.25) is 0 Å². The standard InChI is InChI=1S/C12H11ClN2O/c1-7-8(2)15-12(16)11(14-7)9-4-3-5-10(13)6-9/h3-6H,1-2H3,(H,15,16). The van der Waals surface area contributed by atoms with Gasteiger partial charge in [0.25, 0.3) is 5.56 Å². The molecule has 1 aromatic heterocycles. The van der Waals surface area contributed by atoms with Crippen LogP contribution in [-0.2, 0) is 0 Å². The van der Waals surface area contributed by atoms with Gasteiger partial charge in [0, 0.05) is 16.3 Å². The summed E-state index contributed by atoms with van der Waals surface area (Å²) in [5.41, 5.74) is 2.55. The van der Waals surface area contributed by atoms with Crippen molar-refractivity contribution in [2.75, 3.05) is 0 Å². The Hall–Kier alpha value is -1.61. The second-order valence-electron chi connectivity index (χ2n) is 3.64. The highest BCUT2D eigenvalue weighted by molar-refractivity contribution is 6.30. The first-order chi connectivity index (χ1) is 7.58. The topological polar surface area (TPSA) is 45.8 Å². The predicted molar refractivity (Wildman–Crippen MR) is 64.8 cm³/mol. The molecule has 0 atom stereocenters. The Morgan fingerprint density at radius 2 is 2.06 bits per heavy atom. The van der Waals surface area contributed by atoms with E-state index < -0.39 is 0 Å². The molecule has 3 nitrogen and oxygen atoms in total. The second kappa shape index (κ2) is 4.10. The van der Waals surface area contributed by atoms with E-state index in [9.17, 15) is 4.79 Å². The minimum absolute atomic E-state index is 0.189. The molecule has 0 aliphatic carbocycles. The number of hydrogen-bond donors (Lipinski definition) is 1. The molecule has 0 aliphatic heterocycles. The van der Waals surface area contributed by atoms with Crippen LogP contribution in [0.2, 0.25) is 5.02 Å². The summed E-state index contributed by atoms with van der Waals surface area (Å²) in [7, 11) is 0. The lowest BCUT2D eigenvalue weighted by atomic mass is 10.1. The summed E-state index contributed by atoms with van der Waals surface area (Å²) in [6.07, 6.45) is 0. The van der Waals surface area contributed by atoms with Gasteiger partial charge in [0.15, 0.2) is 0 Å². The van der Waals surface area contributed by atoms with Gasteiger partial charge in [-0.25, -0.2) is 4.98 Å². The summed E-state index contributed by atoms with van der Waals surface area (Å²) >= 11 is 5.88. The van der Waals surface area contributed by atoms with Crippen molar-refractivity contribution in [1.29, 1.82) is 0 Å². The van der Waals surface area contributed by atoms with E-state index in [1.807, 2.05) is 19.9 Å². The molecule has 0 unspecified atom stereocenters. The third-order valence-corrected chi connectivity index (χ3v) is 2.67. The Morgan fingerprint density at radius 3 is 2.75 bits per heavy atom. The van der Waals surface area contributed by atoms with Gasteiger partial charge >= 0.3 is 0 Å². The molecule has 0 amide bonds. The van der Waals surface area contributed by atoms with Crippen LogP contribution in [0.5, 0.6) is 0 Å². The number of aromatic nitrogens is 2. The zero-order valence-electron chi connectivity index (χ0n) is 9.04. The van der Waals surface area contributed by atoms with Crippen LogP contribution in [0.25, 0.3) is 11.3 Å². The molecule has 16 heavy (non-hydrogen) atoms. The van der Waals surface area contributed by atoms with Crippen molar-refractivity contribution in [3.8, 4) is 11.3 Å². The maximum Gasteiger partial charge on any atom is 0.274 e. The third kappa shape index (κ3) is 1.99. The number of hydrogen-bond acceptors (Lipinski definition) is 2. The first kappa shape index (κ1) is 10.9. The molecule has 2 aromatic rings. The van der Waals surface area contributed by atoms with Gasteiger partial charge in [0.1, 0.15) is 5.69 Å². The lowest BCUT2D eigenvalue weighted by molar-refractivity contribution is 1.02. The molecule has 1 N–H and O–H groups in total. The lowest BCUT2D eigenvalue weighted by Crippen LogP contribution is -2.14. The van der Waals surface area contributed by atoms with Gasteiger partial charge in [-0.05, 0) is 26.0 Å². The van der Waals surface area contributed by atoms with Crippen LogP contribution in [0.4, 0.5) is 0 Å². The maximum atomic E-state index is 11.7. The zero-order valence-corrected chi connectivity index (χ0v) is 9.80. The van der Waals surface area contributed by atoms with Crippen LogP contribution in [0, 0.1) is 13.8 Å². The zero-order chi connectivity index (χ0) is 11.7. The van der Waals surface area contributed by atoms with Crippen LogP contribution >= 0.6 is 11.6 Å². The van der Waals surface area contributed by atoms with Gasteiger partial charge in [-0.15, -0.1) is 0 Å². The normalized spacial score (nSPS) is 10.4. The SMILES string of the molecule is Cc1nc(-c2cccc(Cl)c2)c(=O)[nH]c1C. The van der Waals surface area contributed by atoms with E-state index in [1.54, 1.807) is 18.2 Å². The Kier molecular flexibility index (Phi) is 2.79. The number of benzene rings is 1. The summed E-state index contributed by atoms with van der Waals surface area (Å²) in [4.78, 5) is 18.8. The largest absolute Gasteiger partial charge is 0.323 e. The summed E-state index contributed by atoms with van der Waals surface area (Å²) < 4.78 is 0. The van der Waals surface area contributed by atoms with E-state index in [4.69, 9.17) is 11.6 Å². The van der Waals surface area contributed by atoms with Crippen molar-refractivity contribution in [3.63, 3.8) is 0 Å². The van der Waals surface area contributed by atoms with Crippen molar-refractivity contribution >= 4 is 11.6 Å². The molecule has 1 heterocycles. The number of nitrogens with one attached hydrogen (secondary N) is 1. The highest BCUT2D eigenvalue weighted by atomic mass is 35.5. The number of rotatable bonds is 1. The van der Waals surface area contributed by atoms with E-state index >= 15 is 0 Å². The van der Waals surface area contributed by atoms with Gasteiger partial charge in [-0.1, -0.05) is 23.7 Å². The fraction of sp³-hybridized carbons (Fsp3) is 0.167. The molecule has 0 saturated carbocycles. The smallest absolute Gasteiger partial charge is 0.274 e. The molecule has 0 spiro atoms. The maximum absolute atomic E-state index is 11.7. The molecule has 0 radical (unpaired) electrons. The second-order valence-corrected chi connectivity index (χ2v) is 4.07. The van der Waals surface area contributed by atoms with Gasteiger partial charge in [0.05, 0.1) is 5.69 Å². The third-order valence-electron chi connectivity index (χ3n) is 2.44. The summed E-state index contributed by atoms with van der Waals surface area (Å²) in [5, 5.41) is 0.594. The monoisotopic (exact) mass is 234 g/mol. The predicted octanol–water partition coefficient (Wildman–Crippen LogP) is 2.71. The van der Waals surface area contributed by atoms with Crippen molar-refractivity contribution in [2.45, 2.75) is 13.8 Å². The minimum Gasteiger partial charge on any atom is -0.323 e. The Labute approximate surface area is 98.1 Å². The first-order valence-electron chi connectivity index (χ1n) is 4.91. The minimum atomic E-state index is -0.189. The molecule has 1 aromatic carbocycles. The van der Waals surface area contributed by atoms with Crippen molar-refractivity contribution in [1.82, 2.24) is 9.97 Å². The number of halogens is 1. The van der Waals surface area contributed by atoms with Crippen LogP contribution in [-0.4, -0.2) is 9.97 Å². The number of aromatic amines is 1. The molecule has 82 valence electrons. The summed E-state index contributed by atoms with van der Waals surface area (Å²) in [5.74, 6) is 0. The first-order valence-corrected chi connectivity index (χ1v) is 5.29.